The minimum atomic E-state index is -1.26. The number of benzene rings is 2. The van der Waals surface area contributed by atoms with Crippen molar-refractivity contribution in [3.8, 4) is 0 Å². The van der Waals surface area contributed by atoms with Gasteiger partial charge < -0.3 is 14.4 Å². The molecule has 0 saturated carbocycles. The average Bonchev–Trinajstić information content (AvgIpc) is 3.13. The summed E-state index contributed by atoms with van der Waals surface area (Å²) in [6.45, 7) is 10.1. The van der Waals surface area contributed by atoms with E-state index >= 15 is 0 Å². The van der Waals surface area contributed by atoms with Crippen molar-refractivity contribution in [2.24, 2.45) is 0 Å². The van der Waals surface area contributed by atoms with Gasteiger partial charge in [0, 0.05) is 33.5 Å². The Balaban J connectivity index is 1.78. The van der Waals surface area contributed by atoms with E-state index in [9.17, 15) is 4.39 Å². The van der Waals surface area contributed by atoms with Gasteiger partial charge in [-0.2, -0.15) is 0 Å². The van der Waals surface area contributed by atoms with Crippen LogP contribution in [0.2, 0.25) is 0 Å². The predicted molar refractivity (Wildman–Crippen MR) is 137 cm³/mol. The van der Waals surface area contributed by atoms with E-state index in [1.54, 1.807) is 18.7 Å². The number of hydrogen-bond donors (Lipinski definition) is 1. The number of rotatable bonds is 7. The van der Waals surface area contributed by atoms with Gasteiger partial charge in [0.2, 0.25) is 0 Å². The van der Waals surface area contributed by atoms with Crippen LogP contribution in [0.4, 0.5) is 10.2 Å². The Morgan fingerprint density at radius 1 is 0.971 bits per heavy atom. The second-order valence-corrected chi connectivity index (χ2v) is 9.73. The number of nitrogens with one attached hydrogen (secondary N) is 1. The maximum Gasteiger partial charge on any atom is 0.163 e. The lowest BCUT2D eigenvalue weighted by Gasteiger charge is -2.34. The molecule has 0 unspecified atom stereocenters. The zero-order valence-corrected chi connectivity index (χ0v) is 20.8. The predicted octanol–water partition coefficient (Wildman–Crippen LogP) is 5.55. The molecule has 2 aromatic carbocycles. The first-order valence-corrected chi connectivity index (χ1v) is 11.8. The van der Waals surface area contributed by atoms with E-state index in [-0.39, 0.29) is 0 Å². The van der Waals surface area contributed by atoms with E-state index in [0.29, 0.717) is 31.0 Å². The largest absolute Gasteiger partial charge is 0.319 e. The average molecular weight is 460 g/mol. The van der Waals surface area contributed by atoms with E-state index in [4.69, 9.17) is 10.4 Å². The Morgan fingerprint density at radius 2 is 1.59 bits per heavy atom. The van der Waals surface area contributed by atoms with E-state index in [2.05, 4.69) is 54.5 Å². The van der Waals surface area contributed by atoms with Gasteiger partial charge in [0.1, 0.15) is 23.0 Å². The standard InChI is InChI=1S/C28H34FN5/c1-7-20-10-8-13-23(14-20)18-34-24(16-21-11-9-12-22(15-21)17-28(3,4)29)31-27-25(34)26(30)32(5)19(2)33(27)6/h8-15,30H,2,7,16-18H2,1,3-6H3. The lowest BCUT2D eigenvalue weighted by molar-refractivity contribution is 0.217. The Bertz CT molecular complexity index is 1230. The fourth-order valence-electron chi connectivity index (χ4n) is 4.54. The summed E-state index contributed by atoms with van der Waals surface area (Å²) in [6, 6.07) is 16.7. The van der Waals surface area contributed by atoms with Crippen LogP contribution in [0, 0.1) is 5.41 Å². The smallest absolute Gasteiger partial charge is 0.163 e. The topological polar surface area (TPSA) is 48.2 Å². The maximum absolute atomic E-state index is 14.3. The maximum atomic E-state index is 14.3. The third-order valence-electron chi connectivity index (χ3n) is 6.40. The zero-order valence-electron chi connectivity index (χ0n) is 20.8. The van der Waals surface area contributed by atoms with Crippen molar-refractivity contribution in [2.45, 2.75) is 52.2 Å². The molecule has 1 aliphatic rings. The minimum Gasteiger partial charge on any atom is -0.319 e. The van der Waals surface area contributed by atoms with Crippen LogP contribution < -0.4 is 4.90 Å². The van der Waals surface area contributed by atoms with Crippen molar-refractivity contribution < 1.29 is 4.39 Å². The van der Waals surface area contributed by atoms with Crippen molar-refractivity contribution >= 4 is 11.7 Å². The molecule has 178 valence electrons. The minimum absolute atomic E-state index is 0.369. The molecule has 0 saturated heterocycles. The number of anilines is 1. The van der Waals surface area contributed by atoms with Gasteiger partial charge in [-0.1, -0.05) is 62.0 Å². The highest BCUT2D eigenvalue weighted by atomic mass is 19.1. The molecule has 0 fully saturated rings. The molecule has 3 aromatic rings. The third kappa shape index (κ3) is 4.76. The van der Waals surface area contributed by atoms with Crippen molar-refractivity contribution in [1.82, 2.24) is 14.5 Å². The van der Waals surface area contributed by atoms with Crippen molar-refractivity contribution in [2.75, 3.05) is 19.0 Å². The normalized spacial score (nSPS) is 14.1. The van der Waals surface area contributed by atoms with E-state index < -0.39 is 5.67 Å². The van der Waals surface area contributed by atoms with Crippen LogP contribution in [0.15, 0.2) is 60.9 Å². The number of nitrogens with zero attached hydrogens (tertiary/aromatic N) is 4. The number of aryl methyl sites for hydroxylation is 1. The van der Waals surface area contributed by atoms with Gasteiger partial charge in [-0.25, -0.2) is 9.37 Å². The number of aromatic nitrogens is 2. The Hall–Kier alpha value is -3.41. The molecule has 0 aliphatic carbocycles. The lowest BCUT2D eigenvalue weighted by Crippen LogP contribution is -2.41. The molecule has 5 nitrogen and oxygen atoms in total. The molecule has 0 spiro atoms. The highest BCUT2D eigenvalue weighted by Gasteiger charge is 2.32. The summed E-state index contributed by atoms with van der Waals surface area (Å²) in [4.78, 5) is 8.72. The van der Waals surface area contributed by atoms with E-state index in [1.165, 1.54) is 11.1 Å². The number of hydrogen-bond acceptors (Lipinski definition) is 3. The van der Waals surface area contributed by atoms with Crippen LogP contribution in [0.1, 0.15) is 54.5 Å². The summed E-state index contributed by atoms with van der Waals surface area (Å²) in [5, 5.41) is 8.84. The molecule has 6 heteroatoms. The number of fused-ring (bicyclic) bond motifs is 1. The fourth-order valence-corrected chi connectivity index (χ4v) is 4.54. The lowest BCUT2D eigenvalue weighted by atomic mass is 9.98. The van der Waals surface area contributed by atoms with Crippen molar-refractivity contribution in [3.05, 3.63) is 94.7 Å². The molecule has 0 bridgehead atoms. The molecule has 1 aliphatic heterocycles. The molecule has 34 heavy (non-hydrogen) atoms. The summed E-state index contributed by atoms with van der Waals surface area (Å²) < 4.78 is 16.4. The number of imidazole rings is 1. The van der Waals surface area contributed by atoms with Gasteiger partial charge in [0.05, 0.1) is 0 Å². The monoisotopic (exact) mass is 459 g/mol. The number of halogens is 1. The SMILES string of the molecule is C=C1N(C)C(=N)c2c(nc(Cc3cccc(CC(C)(C)F)c3)n2Cc2cccc(CC)c2)N1C. The summed E-state index contributed by atoms with van der Waals surface area (Å²) in [5.41, 5.74) is 4.04. The van der Waals surface area contributed by atoms with Gasteiger partial charge in [-0.15, -0.1) is 0 Å². The summed E-state index contributed by atoms with van der Waals surface area (Å²) in [6.07, 6.45) is 1.94. The van der Waals surface area contributed by atoms with Crippen LogP contribution in [0.5, 0.6) is 0 Å². The summed E-state index contributed by atoms with van der Waals surface area (Å²) >= 11 is 0. The molecular formula is C28H34FN5. The van der Waals surface area contributed by atoms with Crippen LogP contribution in [0.25, 0.3) is 0 Å². The van der Waals surface area contributed by atoms with Gasteiger partial charge >= 0.3 is 0 Å². The molecule has 0 radical (unpaired) electrons. The van der Waals surface area contributed by atoms with E-state index in [1.807, 2.05) is 31.1 Å². The third-order valence-corrected chi connectivity index (χ3v) is 6.40. The Morgan fingerprint density at radius 3 is 2.26 bits per heavy atom. The van der Waals surface area contributed by atoms with E-state index in [0.717, 1.165) is 34.9 Å². The Kier molecular flexibility index (Phi) is 6.34. The van der Waals surface area contributed by atoms with Crippen molar-refractivity contribution in [3.63, 3.8) is 0 Å². The van der Waals surface area contributed by atoms with Crippen LogP contribution in [-0.2, 0) is 25.8 Å². The van der Waals surface area contributed by atoms with Crippen LogP contribution in [0.3, 0.4) is 0 Å². The molecule has 4 rings (SSSR count). The zero-order chi connectivity index (χ0) is 24.6. The number of amidine groups is 1. The first-order valence-electron chi connectivity index (χ1n) is 11.8. The highest BCUT2D eigenvalue weighted by Crippen LogP contribution is 2.32. The van der Waals surface area contributed by atoms with Crippen molar-refractivity contribution in [1.29, 1.82) is 5.41 Å². The van der Waals surface area contributed by atoms with Gasteiger partial charge in [0.15, 0.2) is 11.7 Å². The summed E-state index contributed by atoms with van der Waals surface area (Å²) in [7, 11) is 3.80. The molecule has 0 amide bonds. The quantitative estimate of drug-likeness (QED) is 0.504. The molecule has 2 heterocycles. The number of alkyl halides is 1. The summed E-state index contributed by atoms with van der Waals surface area (Å²) in [5.74, 6) is 2.73. The Labute approximate surface area is 202 Å². The van der Waals surface area contributed by atoms with Gasteiger partial charge in [-0.3, -0.25) is 5.41 Å². The first kappa shape index (κ1) is 23.7. The molecule has 0 atom stereocenters. The van der Waals surface area contributed by atoms with Crippen LogP contribution >= 0.6 is 0 Å². The fraction of sp³-hybridized carbons (Fsp3) is 0.357. The molecular weight excluding hydrogens is 425 g/mol. The molecule has 1 N–H and O–H groups in total. The van der Waals surface area contributed by atoms with Gasteiger partial charge in [-0.05, 0) is 42.5 Å². The second kappa shape index (κ2) is 9.09. The van der Waals surface area contributed by atoms with Crippen LogP contribution in [-0.4, -0.2) is 40.1 Å². The van der Waals surface area contributed by atoms with Gasteiger partial charge in [0.25, 0.3) is 0 Å². The molecule has 1 aromatic heterocycles. The second-order valence-electron chi connectivity index (χ2n) is 9.73. The first-order chi connectivity index (χ1) is 16.1. The highest BCUT2D eigenvalue weighted by molar-refractivity contribution is 6.03.